The average Bonchev–Trinajstić information content (AvgIpc) is 2.71. The van der Waals surface area contributed by atoms with E-state index >= 15 is 0 Å². The normalized spacial score (nSPS) is 28.6. The summed E-state index contributed by atoms with van der Waals surface area (Å²) in [5.41, 5.74) is 0. The molecule has 3 heteroatoms. The van der Waals surface area contributed by atoms with E-state index in [4.69, 9.17) is 0 Å². The van der Waals surface area contributed by atoms with E-state index in [1.807, 2.05) is 0 Å². The van der Waals surface area contributed by atoms with Crippen LogP contribution >= 0.6 is 0 Å². The predicted molar refractivity (Wildman–Crippen MR) is 69.8 cm³/mol. The molecular weight excluding hydrogens is 212 g/mol. The summed E-state index contributed by atoms with van der Waals surface area (Å²) in [6, 6.07) is 0.422. The first-order chi connectivity index (χ1) is 8.27. The van der Waals surface area contributed by atoms with Crippen LogP contribution in [0.3, 0.4) is 0 Å². The fraction of sp³-hybridized carbons (Fsp3) is 0.929. The van der Waals surface area contributed by atoms with E-state index in [2.05, 4.69) is 17.6 Å². The van der Waals surface area contributed by atoms with Gasteiger partial charge in [-0.2, -0.15) is 0 Å². The number of hydrogen-bond donors (Lipinski definition) is 2. The minimum atomic E-state index is 0.0724. The summed E-state index contributed by atoms with van der Waals surface area (Å²) in [5, 5.41) is 6.48. The maximum atomic E-state index is 12.0. The fourth-order valence-electron chi connectivity index (χ4n) is 3.16. The molecule has 0 aromatic rings. The van der Waals surface area contributed by atoms with Gasteiger partial charge in [0.25, 0.3) is 0 Å². The van der Waals surface area contributed by atoms with Gasteiger partial charge in [0.2, 0.25) is 5.91 Å². The molecule has 3 nitrogen and oxygen atoms in total. The number of nitrogens with one attached hydrogen (secondary N) is 2. The van der Waals surface area contributed by atoms with E-state index in [-0.39, 0.29) is 11.9 Å². The number of rotatable bonds is 3. The molecular formula is C14H26N2O. The summed E-state index contributed by atoms with van der Waals surface area (Å²) in [6.07, 6.45) is 10.2. The van der Waals surface area contributed by atoms with Gasteiger partial charge in [-0.3, -0.25) is 4.79 Å². The quantitative estimate of drug-likeness (QED) is 0.740. The van der Waals surface area contributed by atoms with Gasteiger partial charge in [0.15, 0.2) is 0 Å². The highest BCUT2D eigenvalue weighted by atomic mass is 16.2. The maximum absolute atomic E-state index is 12.0. The van der Waals surface area contributed by atoms with Crippen molar-refractivity contribution in [1.29, 1.82) is 0 Å². The van der Waals surface area contributed by atoms with E-state index in [1.165, 1.54) is 38.5 Å². The molecule has 0 bridgehead atoms. The van der Waals surface area contributed by atoms with Crippen molar-refractivity contribution >= 4 is 5.91 Å². The van der Waals surface area contributed by atoms with Crippen LogP contribution in [0.2, 0.25) is 0 Å². The van der Waals surface area contributed by atoms with Crippen LogP contribution in [0.1, 0.15) is 58.3 Å². The topological polar surface area (TPSA) is 41.1 Å². The lowest BCUT2D eigenvalue weighted by molar-refractivity contribution is -0.123. The van der Waals surface area contributed by atoms with Crippen LogP contribution in [0.4, 0.5) is 0 Å². The SMILES string of the molecule is C[C@@H](NC(=O)[C@@H]1CCCN1)C1CCCCCC1. The first kappa shape index (κ1) is 12.9. The van der Waals surface area contributed by atoms with Gasteiger partial charge in [-0.05, 0) is 45.1 Å². The molecule has 17 heavy (non-hydrogen) atoms. The van der Waals surface area contributed by atoms with Crippen LogP contribution in [0.15, 0.2) is 0 Å². The van der Waals surface area contributed by atoms with Gasteiger partial charge in [0.05, 0.1) is 6.04 Å². The molecule has 1 amide bonds. The standard InChI is InChI=1S/C14H26N2O/c1-11(12-7-4-2-3-5-8-12)16-14(17)13-9-6-10-15-13/h11-13,15H,2-10H2,1H3,(H,16,17)/t11-,13+/m1/s1. The molecule has 98 valence electrons. The van der Waals surface area contributed by atoms with E-state index in [1.54, 1.807) is 0 Å². The number of hydrogen-bond acceptors (Lipinski definition) is 2. The van der Waals surface area contributed by atoms with E-state index in [0.717, 1.165) is 19.4 Å². The second-order valence-electron chi connectivity index (χ2n) is 5.70. The largest absolute Gasteiger partial charge is 0.352 e. The number of carbonyl (C=O) groups is 1. The van der Waals surface area contributed by atoms with E-state index in [9.17, 15) is 4.79 Å². The number of amides is 1. The van der Waals surface area contributed by atoms with Gasteiger partial charge < -0.3 is 10.6 Å². The van der Waals surface area contributed by atoms with Crippen LogP contribution in [0.5, 0.6) is 0 Å². The van der Waals surface area contributed by atoms with Crippen LogP contribution in [-0.2, 0) is 4.79 Å². The summed E-state index contributed by atoms with van der Waals surface area (Å²) in [7, 11) is 0. The third kappa shape index (κ3) is 3.70. The molecule has 1 saturated heterocycles. The second kappa shape index (κ2) is 6.39. The lowest BCUT2D eigenvalue weighted by atomic mass is 9.93. The van der Waals surface area contributed by atoms with Crippen molar-refractivity contribution in [2.45, 2.75) is 70.4 Å². The zero-order valence-corrected chi connectivity index (χ0v) is 11.0. The van der Waals surface area contributed by atoms with Crippen molar-refractivity contribution in [3.8, 4) is 0 Å². The highest BCUT2D eigenvalue weighted by Gasteiger charge is 2.26. The van der Waals surface area contributed by atoms with E-state index < -0.39 is 0 Å². The van der Waals surface area contributed by atoms with Crippen molar-refractivity contribution in [2.24, 2.45) is 5.92 Å². The molecule has 2 aliphatic rings. The summed E-state index contributed by atoms with van der Waals surface area (Å²) < 4.78 is 0. The third-order valence-corrected chi connectivity index (χ3v) is 4.35. The highest BCUT2D eigenvalue weighted by molar-refractivity contribution is 5.82. The minimum Gasteiger partial charge on any atom is -0.352 e. The van der Waals surface area contributed by atoms with Gasteiger partial charge in [-0.25, -0.2) is 0 Å². The lowest BCUT2D eigenvalue weighted by Crippen LogP contribution is -2.46. The smallest absolute Gasteiger partial charge is 0.237 e. The van der Waals surface area contributed by atoms with Crippen LogP contribution in [0, 0.1) is 5.92 Å². The molecule has 0 radical (unpaired) electrons. The fourth-order valence-corrected chi connectivity index (χ4v) is 3.16. The zero-order chi connectivity index (χ0) is 12.1. The molecule has 2 atom stereocenters. The molecule has 1 aliphatic carbocycles. The Kier molecular flexibility index (Phi) is 4.84. The Hall–Kier alpha value is -0.570. The predicted octanol–water partition coefficient (Wildman–Crippen LogP) is 2.21. The molecule has 1 aliphatic heterocycles. The first-order valence-corrected chi connectivity index (χ1v) is 7.31. The average molecular weight is 238 g/mol. The summed E-state index contributed by atoms with van der Waals surface area (Å²) in [4.78, 5) is 12.0. The van der Waals surface area contributed by atoms with Crippen LogP contribution in [0.25, 0.3) is 0 Å². The van der Waals surface area contributed by atoms with Gasteiger partial charge in [-0.1, -0.05) is 25.7 Å². The summed E-state index contributed by atoms with van der Waals surface area (Å²) in [5.74, 6) is 0.919. The van der Waals surface area contributed by atoms with E-state index in [0.29, 0.717) is 12.0 Å². The molecule has 1 saturated carbocycles. The summed E-state index contributed by atoms with van der Waals surface area (Å²) >= 11 is 0. The van der Waals surface area contributed by atoms with Gasteiger partial charge in [0.1, 0.15) is 0 Å². The maximum Gasteiger partial charge on any atom is 0.237 e. The molecule has 0 aromatic heterocycles. The molecule has 0 unspecified atom stereocenters. The second-order valence-corrected chi connectivity index (χ2v) is 5.70. The molecule has 2 N–H and O–H groups in total. The Balaban J connectivity index is 1.78. The first-order valence-electron chi connectivity index (χ1n) is 7.31. The Morgan fingerprint density at radius 2 is 1.82 bits per heavy atom. The molecule has 2 fully saturated rings. The van der Waals surface area contributed by atoms with Crippen LogP contribution in [-0.4, -0.2) is 24.5 Å². The van der Waals surface area contributed by atoms with Crippen molar-refractivity contribution in [3.63, 3.8) is 0 Å². The van der Waals surface area contributed by atoms with Gasteiger partial charge in [0, 0.05) is 6.04 Å². The summed E-state index contributed by atoms with van der Waals surface area (Å²) in [6.45, 7) is 3.18. The number of carbonyl (C=O) groups excluding carboxylic acids is 1. The van der Waals surface area contributed by atoms with Gasteiger partial charge in [-0.15, -0.1) is 0 Å². The molecule has 0 spiro atoms. The zero-order valence-electron chi connectivity index (χ0n) is 11.0. The highest BCUT2D eigenvalue weighted by Crippen LogP contribution is 2.25. The minimum absolute atomic E-state index is 0.0724. The Morgan fingerprint density at radius 3 is 2.41 bits per heavy atom. The third-order valence-electron chi connectivity index (χ3n) is 4.35. The van der Waals surface area contributed by atoms with Crippen molar-refractivity contribution in [3.05, 3.63) is 0 Å². The molecule has 0 aromatic carbocycles. The Bertz CT molecular complexity index is 241. The molecule has 2 rings (SSSR count). The lowest BCUT2D eigenvalue weighted by Gasteiger charge is -2.25. The van der Waals surface area contributed by atoms with Crippen molar-refractivity contribution in [2.75, 3.05) is 6.54 Å². The van der Waals surface area contributed by atoms with Crippen molar-refractivity contribution in [1.82, 2.24) is 10.6 Å². The Morgan fingerprint density at radius 1 is 1.12 bits per heavy atom. The monoisotopic (exact) mass is 238 g/mol. The van der Waals surface area contributed by atoms with Crippen molar-refractivity contribution < 1.29 is 4.79 Å². The van der Waals surface area contributed by atoms with Gasteiger partial charge >= 0.3 is 0 Å². The Labute approximate surface area is 105 Å². The molecule has 1 heterocycles. The van der Waals surface area contributed by atoms with Crippen LogP contribution < -0.4 is 10.6 Å².